The van der Waals surface area contributed by atoms with Crippen molar-refractivity contribution in [2.45, 2.75) is 39.5 Å². The van der Waals surface area contributed by atoms with Gasteiger partial charge in [-0.2, -0.15) is 0 Å². The monoisotopic (exact) mass is 454 g/mol. The number of rotatable bonds is 10. The van der Waals surface area contributed by atoms with Gasteiger partial charge >= 0.3 is 0 Å². The second kappa shape index (κ2) is 8.12. The van der Waals surface area contributed by atoms with Crippen LogP contribution >= 0.6 is 39.2 Å². The van der Waals surface area contributed by atoms with Crippen LogP contribution < -0.4 is 0 Å². The largest absolute Gasteiger partial charge is 0.359 e. The summed E-state index contributed by atoms with van der Waals surface area (Å²) in [6, 6.07) is 0. The van der Waals surface area contributed by atoms with Crippen LogP contribution in [0.5, 0.6) is 0 Å². The Kier molecular flexibility index (Phi) is 7.05. The van der Waals surface area contributed by atoms with Crippen LogP contribution in [0.1, 0.15) is 39.5 Å². The summed E-state index contributed by atoms with van der Waals surface area (Å²) in [6.45, 7) is 4.22. The highest BCUT2D eigenvalue weighted by atomic mass is 32.1. The highest BCUT2D eigenvalue weighted by Gasteiger charge is 2.46. The molecule has 156 valence electrons. The third kappa shape index (κ3) is 5.61. The third-order valence-corrected chi connectivity index (χ3v) is 13.8. The summed E-state index contributed by atoms with van der Waals surface area (Å²) in [4.78, 5) is 5.19. The van der Waals surface area contributed by atoms with Crippen molar-refractivity contribution in [3.05, 3.63) is 0 Å². The Balaban J connectivity index is 2.05. The molecule has 0 aromatic rings. The normalized spacial score (nSPS) is 23.6. The molecule has 0 bridgehead atoms. The molecule has 0 saturated heterocycles. The molecule has 0 N–H and O–H groups in total. The van der Waals surface area contributed by atoms with Gasteiger partial charge < -0.3 is 18.8 Å². The molecule has 27 heavy (non-hydrogen) atoms. The van der Waals surface area contributed by atoms with Crippen LogP contribution in [0.3, 0.4) is 0 Å². The molecule has 0 aliphatic heterocycles. The van der Waals surface area contributed by atoms with E-state index in [0.717, 1.165) is 35.7 Å². The minimum Gasteiger partial charge on any atom is -0.359 e. The zero-order chi connectivity index (χ0) is 20.7. The maximum Gasteiger partial charge on any atom is 0.231 e. The average molecular weight is 455 g/mol. The molecule has 2 rings (SSSR count). The topological polar surface area (TPSA) is 59.1 Å². The molecule has 0 heterocycles. The van der Waals surface area contributed by atoms with Gasteiger partial charge in [-0.3, -0.25) is 9.13 Å². The first-order valence-corrected chi connectivity index (χ1v) is 13.9. The fourth-order valence-electron chi connectivity index (χ4n) is 3.15. The van der Waals surface area contributed by atoms with Gasteiger partial charge in [0.1, 0.15) is 5.90 Å². The van der Waals surface area contributed by atoms with Crippen molar-refractivity contribution in [1.82, 2.24) is 9.80 Å². The van der Waals surface area contributed by atoms with Gasteiger partial charge in [-0.1, -0.05) is 38.3 Å². The minimum atomic E-state index is -3.22. The molecule has 2 saturated carbocycles. The lowest BCUT2D eigenvalue weighted by Gasteiger charge is -2.32. The Morgan fingerprint density at radius 2 is 1.15 bits per heavy atom. The Morgan fingerprint density at radius 3 is 1.37 bits per heavy atom. The fraction of sp³-hybridized carbons (Fsp3) is 0.882. The van der Waals surface area contributed by atoms with Crippen LogP contribution in [0, 0.1) is 10.8 Å². The average Bonchev–Trinajstić information content (AvgIpc) is 3.52. The maximum absolute atomic E-state index is 13.4. The van der Waals surface area contributed by atoms with Crippen LogP contribution in [-0.4, -0.2) is 66.6 Å². The fourth-order valence-corrected chi connectivity index (χ4v) is 9.95. The first-order chi connectivity index (χ1) is 12.3. The van der Waals surface area contributed by atoms with Gasteiger partial charge in [0, 0.05) is 39.1 Å². The van der Waals surface area contributed by atoms with Gasteiger partial charge in [-0.25, -0.2) is 0 Å². The van der Waals surface area contributed by atoms with E-state index in [2.05, 4.69) is 13.8 Å². The van der Waals surface area contributed by atoms with Gasteiger partial charge in [-0.15, -0.1) is 0 Å². The summed E-state index contributed by atoms with van der Waals surface area (Å²) in [6.07, 6.45) is 4.46. The molecule has 0 amide bonds. The van der Waals surface area contributed by atoms with E-state index in [1.54, 1.807) is 0 Å². The summed E-state index contributed by atoms with van der Waals surface area (Å²) in [5, 5.41) is 0. The van der Waals surface area contributed by atoms with E-state index in [4.69, 9.17) is 33.5 Å². The highest BCUT2D eigenvalue weighted by Crippen LogP contribution is 2.63. The SMILES string of the molecule is COP(=O)(CN(C)C(=S)C1(C)CC1)CP(=O)(CN(C)C(=S)C1(C)CC1)OC. The molecule has 2 unspecified atom stereocenters. The van der Waals surface area contributed by atoms with E-state index in [1.807, 2.05) is 23.9 Å². The molecule has 2 atom stereocenters. The van der Waals surface area contributed by atoms with Crippen molar-refractivity contribution in [3.63, 3.8) is 0 Å². The predicted molar refractivity (Wildman–Crippen MR) is 119 cm³/mol. The van der Waals surface area contributed by atoms with Crippen LogP contribution in [0.15, 0.2) is 0 Å². The van der Waals surface area contributed by atoms with Crippen LogP contribution in [-0.2, 0) is 18.2 Å². The summed E-state index contributed by atoms with van der Waals surface area (Å²) in [5.74, 6) is -0.125. The third-order valence-electron chi connectivity index (χ3n) is 5.68. The van der Waals surface area contributed by atoms with Gasteiger partial charge in [0.25, 0.3) is 0 Å². The molecule has 10 heteroatoms. The van der Waals surface area contributed by atoms with Gasteiger partial charge in [0.05, 0.1) is 22.5 Å². The number of nitrogens with zero attached hydrogens (tertiary/aromatic N) is 2. The van der Waals surface area contributed by atoms with E-state index in [9.17, 15) is 9.13 Å². The van der Waals surface area contributed by atoms with E-state index >= 15 is 0 Å². The van der Waals surface area contributed by atoms with Crippen molar-refractivity contribution in [3.8, 4) is 0 Å². The summed E-state index contributed by atoms with van der Waals surface area (Å²) in [5.41, 5.74) is 0.0272. The molecule has 2 aliphatic carbocycles. The second-order valence-corrected chi connectivity index (χ2v) is 15.0. The second-order valence-electron chi connectivity index (χ2n) is 8.55. The maximum atomic E-state index is 13.4. The number of hydrogen-bond acceptors (Lipinski definition) is 6. The van der Waals surface area contributed by atoms with E-state index < -0.39 is 14.7 Å². The molecular formula is C17H32N2O4P2S2. The van der Waals surface area contributed by atoms with Gasteiger partial charge in [-0.05, 0) is 25.7 Å². The first kappa shape index (κ1) is 23.4. The van der Waals surface area contributed by atoms with Crippen molar-refractivity contribution in [1.29, 1.82) is 0 Å². The molecule has 2 fully saturated rings. The first-order valence-electron chi connectivity index (χ1n) is 9.11. The smallest absolute Gasteiger partial charge is 0.231 e. The number of thiocarbonyl (C=S) groups is 2. The van der Waals surface area contributed by atoms with E-state index in [0.29, 0.717) is 0 Å². The van der Waals surface area contributed by atoms with Crippen molar-refractivity contribution in [2.75, 3.05) is 46.8 Å². The lowest BCUT2D eigenvalue weighted by atomic mass is 10.1. The lowest BCUT2D eigenvalue weighted by molar-refractivity contribution is 0.364. The summed E-state index contributed by atoms with van der Waals surface area (Å²) in [7, 11) is 0.00316. The van der Waals surface area contributed by atoms with Gasteiger partial charge in [0.15, 0.2) is 0 Å². The summed E-state index contributed by atoms with van der Waals surface area (Å²) >= 11 is 11.1. The Bertz CT molecular complexity index is 649. The van der Waals surface area contributed by atoms with Crippen molar-refractivity contribution >= 4 is 49.2 Å². The highest BCUT2D eigenvalue weighted by molar-refractivity contribution is 7.81. The van der Waals surface area contributed by atoms with E-state index in [-0.39, 0.29) is 29.3 Å². The van der Waals surface area contributed by atoms with E-state index in [1.165, 1.54) is 14.2 Å². The number of hydrogen-bond donors (Lipinski definition) is 0. The van der Waals surface area contributed by atoms with Crippen molar-refractivity contribution < 1.29 is 18.2 Å². The standard InChI is InChI=1S/C17H32N2O4P2S2/c1-16(7-8-16)14(26)18(3)11-24(20,22-5)13-25(21,23-6)12-19(4)15(27)17(2)9-10-17/h7-13H2,1-6H3. The lowest BCUT2D eigenvalue weighted by Crippen LogP contribution is -2.34. The molecular weight excluding hydrogens is 422 g/mol. The van der Waals surface area contributed by atoms with Crippen LogP contribution in [0.25, 0.3) is 0 Å². The van der Waals surface area contributed by atoms with Crippen molar-refractivity contribution in [2.24, 2.45) is 10.8 Å². The minimum absolute atomic E-state index is 0.0136. The summed E-state index contributed by atoms with van der Waals surface area (Å²) < 4.78 is 37.4. The molecule has 6 nitrogen and oxygen atoms in total. The molecule has 2 aliphatic rings. The Hall–Kier alpha value is 0.160. The van der Waals surface area contributed by atoms with Crippen LogP contribution in [0.4, 0.5) is 0 Å². The molecule has 0 spiro atoms. The molecule has 0 aromatic heterocycles. The molecule has 0 aromatic carbocycles. The Morgan fingerprint density at radius 1 is 0.852 bits per heavy atom. The zero-order valence-corrected chi connectivity index (χ0v) is 20.6. The predicted octanol–water partition coefficient (Wildman–Crippen LogP) is 4.83. The zero-order valence-electron chi connectivity index (χ0n) is 17.2. The van der Waals surface area contributed by atoms with Crippen LogP contribution in [0.2, 0.25) is 0 Å². The quantitative estimate of drug-likeness (QED) is 0.344. The Labute approximate surface area is 174 Å². The van der Waals surface area contributed by atoms with Gasteiger partial charge in [0.2, 0.25) is 14.7 Å². The molecule has 0 radical (unpaired) electrons.